The van der Waals surface area contributed by atoms with E-state index in [2.05, 4.69) is 39.9 Å². The lowest BCUT2D eigenvalue weighted by atomic mass is 10.1. The Hall–Kier alpha value is -3.36. The molecular weight excluding hydrogens is 432 g/mol. The van der Waals surface area contributed by atoms with E-state index < -0.39 is 0 Å². The van der Waals surface area contributed by atoms with Crippen molar-refractivity contribution in [1.29, 1.82) is 0 Å². The first-order chi connectivity index (χ1) is 15.0. The Bertz CT molecular complexity index is 1190. The first-order valence-electron chi connectivity index (χ1n) is 9.61. The zero-order chi connectivity index (χ0) is 21.6. The topological polar surface area (TPSA) is 68.9 Å². The van der Waals surface area contributed by atoms with Gasteiger partial charge in [0.1, 0.15) is 5.75 Å². The minimum atomic E-state index is 0.258. The molecule has 0 unspecified atom stereocenters. The van der Waals surface area contributed by atoms with Crippen LogP contribution >= 0.6 is 23.8 Å². The van der Waals surface area contributed by atoms with E-state index >= 15 is 0 Å². The lowest BCUT2D eigenvalue weighted by Crippen LogP contribution is -2.18. The van der Waals surface area contributed by atoms with E-state index in [0.29, 0.717) is 22.4 Å². The molecule has 0 atom stereocenters. The van der Waals surface area contributed by atoms with Crippen molar-refractivity contribution in [1.82, 2.24) is 19.6 Å². The summed E-state index contributed by atoms with van der Waals surface area (Å²) in [6, 6.07) is 15.5. The molecule has 0 saturated heterocycles. The summed E-state index contributed by atoms with van der Waals surface area (Å²) in [4.78, 5) is 0. The van der Waals surface area contributed by atoms with Gasteiger partial charge in [-0.1, -0.05) is 41.9 Å². The number of hydrogen-bond acceptors (Lipinski definition) is 4. The highest BCUT2D eigenvalue weighted by atomic mass is 35.5. The van der Waals surface area contributed by atoms with Gasteiger partial charge >= 0.3 is 0 Å². The van der Waals surface area contributed by atoms with Crippen LogP contribution in [0.3, 0.4) is 0 Å². The maximum absolute atomic E-state index is 5.96. The number of aryl methyl sites for hydroxylation is 1. The average Bonchev–Trinajstić information content (AvgIpc) is 3.37. The predicted molar refractivity (Wildman–Crippen MR) is 127 cm³/mol. The summed E-state index contributed by atoms with van der Waals surface area (Å²) in [6.45, 7) is 3.05. The molecule has 2 N–H and O–H groups in total. The minimum Gasteiger partial charge on any atom is -0.471 e. The number of hydrogen-bond donors (Lipinski definition) is 2. The molecular formula is C22H21ClN6OS. The van der Waals surface area contributed by atoms with Crippen molar-refractivity contribution < 1.29 is 4.74 Å². The molecule has 0 radical (unpaired) electrons. The van der Waals surface area contributed by atoms with Crippen LogP contribution in [-0.4, -0.2) is 24.7 Å². The van der Waals surface area contributed by atoms with Crippen LogP contribution in [0.5, 0.6) is 5.75 Å². The molecule has 2 aromatic carbocycles. The van der Waals surface area contributed by atoms with Gasteiger partial charge in [-0.15, -0.1) is 0 Å². The molecule has 2 aromatic heterocycles. The van der Waals surface area contributed by atoms with Gasteiger partial charge < -0.3 is 15.4 Å². The number of aromatic nitrogens is 4. The van der Waals surface area contributed by atoms with Crippen molar-refractivity contribution in [2.24, 2.45) is 0 Å². The molecule has 4 rings (SSSR count). The number of halogens is 1. The van der Waals surface area contributed by atoms with E-state index in [0.717, 1.165) is 11.4 Å². The van der Waals surface area contributed by atoms with Crippen molar-refractivity contribution in [3.8, 4) is 5.75 Å². The van der Waals surface area contributed by atoms with E-state index in [9.17, 15) is 0 Å². The number of thiocarbonyl (C=S) groups is 1. The summed E-state index contributed by atoms with van der Waals surface area (Å²) in [5, 5.41) is 16.0. The van der Waals surface area contributed by atoms with Gasteiger partial charge in [0.25, 0.3) is 0 Å². The van der Waals surface area contributed by atoms with E-state index in [1.165, 1.54) is 11.1 Å². The summed E-state index contributed by atoms with van der Waals surface area (Å²) in [5.74, 6) is 0.678. The van der Waals surface area contributed by atoms with Crippen LogP contribution in [0.4, 0.5) is 11.4 Å². The minimum absolute atomic E-state index is 0.258. The first-order valence-corrected chi connectivity index (χ1v) is 10.4. The Morgan fingerprint density at radius 3 is 2.45 bits per heavy atom. The summed E-state index contributed by atoms with van der Waals surface area (Å²) in [7, 11) is 0. The van der Waals surface area contributed by atoms with Crippen LogP contribution in [-0.2, 0) is 13.3 Å². The molecule has 31 heavy (non-hydrogen) atoms. The molecule has 0 bridgehead atoms. The predicted octanol–water partition coefficient (Wildman–Crippen LogP) is 4.94. The molecule has 9 heteroatoms. The van der Waals surface area contributed by atoms with Crippen molar-refractivity contribution in [3.05, 3.63) is 89.5 Å². The zero-order valence-corrected chi connectivity index (χ0v) is 18.4. The van der Waals surface area contributed by atoms with Crippen molar-refractivity contribution in [2.45, 2.75) is 20.2 Å². The van der Waals surface area contributed by atoms with Crippen molar-refractivity contribution in [3.63, 3.8) is 0 Å². The molecule has 2 heterocycles. The van der Waals surface area contributed by atoms with Crippen molar-refractivity contribution >= 4 is 40.3 Å². The number of benzene rings is 2. The molecule has 0 saturated carbocycles. The molecule has 0 aliphatic carbocycles. The quantitative estimate of drug-likeness (QED) is 0.387. The number of anilines is 2. The van der Waals surface area contributed by atoms with Gasteiger partial charge in [-0.3, -0.25) is 4.68 Å². The summed E-state index contributed by atoms with van der Waals surface area (Å²) in [6.07, 6.45) is 7.15. The Balaban J connectivity index is 1.28. The third-order valence-electron chi connectivity index (χ3n) is 4.54. The zero-order valence-electron chi connectivity index (χ0n) is 16.8. The summed E-state index contributed by atoms with van der Waals surface area (Å²) in [5.41, 5.74) is 4.02. The smallest absolute Gasteiger partial charge is 0.180 e. The van der Waals surface area contributed by atoms with Crippen LogP contribution in [0.2, 0.25) is 5.02 Å². The standard InChI is InChI=1S/C22H21ClN6OS/c1-16-5-2-3-6-17(16)12-28-13-19(10-24-28)26-22(31)27-20-11-25-29(14-20)15-30-21-8-4-7-18(23)9-21/h2-11,13-14H,12,15H2,1H3,(H2,26,27,31). The second-order valence-electron chi connectivity index (χ2n) is 6.93. The van der Waals surface area contributed by atoms with Gasteiger partial charge in [0.05, 0.1) is 36.5 Å². The van der Waals surface area contributed by atoms with Crippen molar-refractivity contribution in [2.75, 3.05) is 10.6 Å². The highest BCUT2D eigenvalue weighted by Gasteiger charge is 2.06. The molecule has 158 valence electrons. The fraction of sp³-hybridized carbons (Fsp3) is 0.136. The van der Waals surface area contributed by atoms with E-state index in [1.807, 2.05) is 35.1 Å². The number of ether oxygens (including phenoxy) is 1. The van der Waals surface area contributed by atoms with Gasteiger partial charge in [0.15, 0.2) is 11.8 Å². The largest absolute Gasteiger partial charge is 0.471 e. The van der Waals surface area contributed by atoms with E-state index in [1.54, 1.807) is 35.4 Å². The number of nitrogens with zero attached hydrogens (tertiary/aromatic N) is 4. The Morgan fingerprint density at radius 1 is 1.00 bits per heavy atom. The Labute approximate surface area is 190 Å². The summed E-state index contributed by atoms with van der Waals surface area (Å²) < 4.78 is 9.21. The second kappa shape index (κ2) is 9.63. The average molecular weight is 453 g/mol. The monoisotopic (exact) mass is 452 g/mol. The maximum Gasteiger partial charge on any atom is 0.180 e. The molecule has 0 spiro atoms. The summed E-state index contributed by atoms with van der Waals surface area (Å²) >= 11 is 11.4. The van der Waals surface area contributed by atoms with Gasteiger partial charge in [-0.05, 0) is 48.5 Å². The Morgan fingerprint density at radius 2 is 1.71 bits per heavy atom. The molecule has 0 fully saturated rings. The lowest BCUT2D eigenvalue weighted by molar-refractivity contribution is 0.221. The first kappa shape index (κ1) is 20.9. The number of nitrogens with one attached hydrogen (secondary N) is 2. The molecule has 0 amide bonds. The van der Waals surface area contributed by atoms with Crippen LogP contribution in [0.15, 0.2) is 73.3 Å². The molecule has 7 nitrogen and oxygen atoms in total. The van der Waals surface area contributed by atoms with Crippen LogP contribution in [0, 0.1) is 6.92 Å². The third-order valence-corrected chi connectivity index (χ3v) is 4.97. The third kappa shape index (κ3) is 5.84. The van der Waals surface area contributed by atoms with Crippen LogP contribution in [0.1, 0.15) is 11.1 Å². The van der Waals surface area contributed by atoms with Gasteiger partial charge in [-0.25, -0.2) is 4.68 Å². The SMILES string of the molecule is Cc1ccccc1Cn1cc(NC(=S)Nc2cnn(COc3cccc(Cl)c3)c2)cn1. The van der Waals surface area contributed by atoms with Gasteiger partial charge in [0.2, 0.25) is 0 Å². The normalized spacial score (nSPS) is 10.6. The maximum atomic E-state index is 5.96. The van der Waals surface area contributed by atoms with Crippen LogP contribution in [0.25, 0.3) is 0 Å². The second-order valence-corrected chi connectivity index (χ2v) is 7.78. The Kier molecular flexibility index (Phi) is 6.49. The van der Waals surface area contributed by atoms with E-state index in [-0.39, 0.29) is 6.73 Å². The molecule has 0 aliphatic heterocycles. The highest BCUT2D eigenvalue weighted by Crippen LogP contribution is 2.18. The fourth-order valence-electron chi connectivity index (χ4n) is 2.97. The van der Waals surface area contributed by atoms with Gasteiger partial charge in [-0.2, -0.15) is 10.2 Å². The highest BCUT2D eigenvalue weighted by molar-refractivity contribution is 7.80. The van der Waals surface area contributed by atoms with E-state index in [4.69, 9.17) is 28.6 Å². The lowest BCUT2D eigenvalue weighted by Gasteiger charge is -2.07. The molecule has 0 aliphatic rings. The molecule has 4 aromatic rings. The fourth-order valence-corrected chi connectivity index (χ4v) is 3.38. The number of rotatable bonds is 7. The van der Waals surface area contributed by atoms with Crippen LogP contribution < -0.4 is 15.4 Å². The van der Waals surface area contributed by atoms with Gasteiger partial charge in [0, 0.05) is 11.2 Å².